The van der Waals surface area contributed by atoms with Crippen molar-refractivity contribution >= 4 is 21.6 Å². The molecule has 0 unspecified atom stereocenters. The van der Waals surface area contributed by atoms with Crippen molar-refractivity contribution in [2.75, 3.05) is 0 Å². The molecule has 0 atom stereocenters. The zero-order valence-corrected chi connectivity index (χ0v) is 13.3. The van der Waals surface area contributed by atoms with Gasteiger partial charge in [0, 0.05) is 22.1 Å². The number of nitro benzene ring substituents is 1. The molecule has 0 aliphatic rings. The van der Waals surface area contributed by atoms with Gasteiger partial charge in [-0.15, -0.1) is 0 Å². The molecule has 0 fully saturated rings. The highest BCUT2D eigenvalue weighted by Crippen LogP contribution is 2.34. The second kappa shape index (κ2) is 6.24. The highest BCUT2D eigenvalue weighted by atomic mass is 79.9. The van der Waals surface area contributed by atoms with Gasteiger partial charge >= 0.3 is 0 Å². The molecule has 0 amide bonds. The van der Waals surface area contributed by atoms with E-state index in [4.69, 9.17) is 10.5 Å². The van der Waals surface area contributed by atoms with E-state index in [0.29, 0.717) is 23.6 Å². The van der Waals surface area contributed by atoms with Gasteiger partial charge < -0.3 is 10.5 Å². The standard InChI is InChI=1S/C15H15BrN2O3/c1-9-5-10(2)14(7-13(9)18(19)20)21-15-6-12(16)4-3-11(15)8-17/h3-7H,8,17H2,1-2H3. The Morgan fingerprint density at radius 3 is 2.52 bits per heavy atom. The molecule has 2 aromatic carbocycles. The van der Waals surface area contributed by atoms with Gasteiger partial charge in [-0.2, -0.15) is 0 Å². The molecule has 0 heterocycles. The monoisotopic (exact) mass is 350 g/mol. The minimum Gasteiger partial charge on any atom is -0.456 e. The van der Waals surface area contributed by atoms with E-state index in [1.54, 1.807) is 19.1 Å². The van der Waals surface area contributed by atoms with Gasteiger partial charge in [0.1, 0.15) is 11.5 Å². The van der Waals surface area contributed by atoms with Crippen molar-refractivity contribution in [2.45, 2.75) is 20.4 Å². The van der Waals surface area contributed by atoms with Crippen molar-refractivity contribution in [3.63, 3.8) is 0 Å². The summed E-state index contributed by atoms with van der Waals surface area (Å²) in [7, 11) is 0. The Labute approximate surface area is 131 Å². The molecule has 0 aliphatic carbocycles. The molecular weight excluding hydrogens is 336 g/mol. The summed E-state index contributed by atoms with van der Waals surface area (Å²) in [4.78, 5) is 10.6. The van der Waals surface area contributed by atoms with Crippen molar-refractivity contribution in [1.29, 1.82) is 0 Å². The molecule has 0 spiro atoms. The predicted octanol–water partition coefficient (Wildman–Crippen LogP) is 4.23. The molecule has 110 valence electrons. The van der Waals surface area contributed by atoms with Crippen LogP contribution in [0.3, 0.4) is 0 Å². The fourth-order valence-electron chi connectivity index (χ4n) is 2.04. The lowest BCUT2D eigenvalue weighted by molar-refractivity contribution is -0.385. The summed E-state index contributed by atoms with van der Waals surface area (Å²) in [6.45, 7) is 3.89. The summed E-state index contributed by atoms with van der Waals surface area (Å²) in [5.41, 5.74) is 8.01. The molecule has 2 aromatic rings. The maximum absolute atomic E-state index is 11.0. The molecule has 2 rings (SSSR count). The highest BCUT2D eigenvalue weighted by molar-refractivity contribution is 9.10. The number of aryl methyl sites for hydroxylation is 2. The van der Waals surface area contributed by atoms with Crippen LogP contribution in [0, 0.1) is 24.0 Å². The van der Waals surface area contributed by atoms with Crippen LogP contribution in [0.4, 0.5) is 5.69 Å². The first-order valence-electron chi connectivity index (χ1n) is 6.34. The summed E-state index contributed by atoms with van der Waals surface area (Å²) in [6.07, 6.45) is 0. The van der Waals surface area contributed by atoms with Crippen molar-refractivity contribution in [1.82, 2.24) is 0 Å². The molecule has 5 nitrogen and oxygen atoms in total. The average Bonchev–Trinajstić information content (AvgIpc) is 2.41. The largest absolute Gasteiger partial charge is 0.456 e. The van der Waals surface area contributed by atoms with Gasteiger partial charge in [0.15, 0.2) is 0 Å². The van der Waals surface area contributed by atoms with Gasteiger partial charge in [-0.25, -0.2) is 0 Å². The third kappa shape index (κ3) is 3.40. The van der Waals surface area contributed by atoms with Crippen LogP contribution < -0.4 is 10.5 Å². The van der Waals surface area contributed by atoms with Gasteiger partial charge in [-0.1, -0.05) is 22.0 Å². The molecular formula is C15H15BrN2O3. The Morgan fingerprint density at radius 1 is 1.19 bits per heavy atom. The Hall–Kier alpha value is -1.92. The van der Waals surface area contributed by atoms with Crippen LogP contribution in [-0.2, 0) is 6.54 Å². The van der Waals surface area contributed by atoms with E-state index in [-0.39, 0.29) is 5.69 Å². The van der Waals surface area contributed by atoms with Crippen LogP contribution in [0.25, 0.3) is 0 Å². The first-order valence-corrected chi connectivity index (χ1v) is 7.13. The van der Waals surface area contributed by atoms with Crippen LogP contribution >= 0.6 is 15.9 Å². The molecule has 2 N–H and O–H groups in total. The maximum Gasteiger partial charge on any atom is 0.276 e. The molecule has 0 radical (unpaired) electrons. The topological polar surface area (TPSA) is 78.4 Å². The Morgan fingerprint density at radius 2 is 1.90 bits per heavy atom. The minimum absolute atomic E-state index is 0.0416. The van der Waals surface area contributed by atoms with Crippen LogP contribution in [0.2, 0.25) is 0 Å². The van der Waals surface area contributed by atoms with Crippen LogP contribution in [-0.4, -0.2) is 4.92 Å². The first kappa shape index (κ1) is 15.5. The van der Waals surface area contributed by atoms with Crippen molar-refractivity contribution in [2.24, 2.45) is 5.73 Å². The quantitative estimate of drug-likeness (QED) is 0.661. The van der Waals surface area contributed by atoms with Crippen molar-refractivity contribution < 1.29 is 9.66 Å². The summed E-state index contributed by atoms with van der Waals surface area (Å²) in [5.74, 6) is 1.05. The third-order valence-electron chi connectivity index (χ3n) is 3.16. The van der Waals surface area contributed by atoms with E-state index >= 15 is 0 Å². The molecule has 0 aliphatic heterocycles. The van der Waals surface area contributed by atoms with E-state index in [1.807, 2.05) is 19.1 Å². The third-order valence-corrected chi connectivity index (χ3v) is 3.65. The zero-order chi connectivity index (χ0) is 15.6. The van der Waals surface area contributed by atoms with E-state index < -0.39 is 4.92 Å². The average molecular weight is 351 g/mol. The summed E-state index contributed by atoms with van der Waals surface area (Å²) < 4.78 is 6.70. The Bertz CT molecular complexity index is 702. The van der Waals surface area contributed by atoms with Crippen LogP contribution in [0.5, 0.6) is 11.5 Å². The molecule has 0 saturated heterocycles. The number of nitro groups is 1. The second-order valence-corrected chi connectivity index (χ2v) is 5.64. The molecule has 6 heteroatoms. The lowest BCUT2D eigenvalue weighted by atomic mass is 10.1. The molecule has 0 aromatic heterocycles. The number of nitrogens with two attached hydrogens (primary N) is 1. The molecule has 0 saturated carbocycles. The predicted molar refractivity (Wildman–Crippen MR) is 84.7 cm³/mol. The number of rotatable bonds is 4. The maximum atomic E-state index is 11.0. The van der Waals surface area contributed by atoms with Crippen LogP contribution in [0.1, 0.15) is 16.7 Å². The summed E-state index contributed by atoms with van der Waals surface area (Å²) >= 11 is 3.38. The van der Waals surface area contributed by atoms with Crippen molar-refractivity contribution in [3.8, 4) is 11.5 Å². The smallest absolute Gasteiger partial charge is 0.276 e. The molecule has 21 heavy (non-hydrogen) atoms. The fraction of sp³-hybridized carbons (Fsp3) is 0.200. The number of hydrogen-bond acceptors (Lipinski definition) is 4. The lowest BCUT2D eigenvalue weighted by Gasteiger charge is -2.13. The first-order chi connectivity index (χ1) is 9.92. The van der Waals surface area contributed by atoms with E-state index in [9.17, 15) is 10.1 Å². The van der Waals surface area contributed by atoms with Gasteiger partial charge in [-0.05, 0) is 37.6 Å². The Kier molecular flexibility index (Phi) is 4.59. The van der Waals surface area contributed by atoms with Crippen molar-refractivity contribution in [3.05, 3.63) is 61.6 Å². The van der Waals surface area contributed by atoms with Gasteiger partial charge in [0.25, 0.3) is 5.69 Å². The molecule has 0 bridgehead atoms. The van der Waals surface area contributed by atoms with Crippen LogP contribution in [0.15, 0.2) is 34.8 Å². The van der Waals surface area contributed by atoms with E-state index in [2.05, 4.69) is 15.9 Å². The SMILES string of the molecule is Cc1cc(C)c([N+](=O)[O-])cc1Oc1cc(Br)ccc1CN. The number of nitrogens with zero attached hydrogens (tertiary/aromatic N) is 1. The summed E-state index contributed by atoms with van der Waals surface area (Å²) in [6, 6.07) is 8.73. The number of ether oxygens (including phenoxy) is 1. The zero-order valence-electron chi connectivity index (χ0n) is 11.7. The Balaban J connectivity index is 2.46. The fourth-order valence-corrected chi connectivity index (χ4v) is 2.38. The number of hydrogen-bond donors (Lipinski definition) is 1. The minimum atomic E-state index is -0.410. The number of halogens is 1. The lowest BCUT2D eigenvalue weighted by Crippen LogP contribution is -2.01. The number of benzene rings is 2. The second-order valence-electron chi connectivity index (χ2n) is 4.72. The van der Waals surface area contributed by atoms with Gasteiger partial charge in [0.2, 0.25) is 0 Å². The highest BCUT2D eigenvalue weighted by Gasteiger charge is 2.16. The van der Waals surface area contributed by atoms with Gasteiger partial charge in [-0.3, -0.25) is 10.1 Å². The summed E-state index contributed by atoms with van der Waals surface area (Å²) in [5, 5.41) is 11.0. The van der Waals surface area contributed by atoms with E-state index in [1.165, 1.54) is 6.07 Å². The van der Waals surface area contributed by atoms with Gasteiger partial charge in [0.05, 0.1) is 11.0 Å². The van der Waals surface area contributed by atoms with E-state index in [0.717, 1.165) is 15.6 Å². The normalized spacial score (nSPS) is 10.5.